The van der Waals surface area contributed by atoms with Gasteiger partial charge in [0.15, 0.2) is 0 Å². The van der Waals surface area contributed by atoms with Gasteiger partial charge in [-0.2, -0.15) is 5.10 Å². The predicted molar refractivity (Wildman–Crippen MR) is 72.7 cm³/mol. The highest BCUT2D eigenvalue weighted by Gasteiger charge is 2.18. The molecule has 2 aromatic rings. The highest BCUT2D eigenvalue weighted by molar-refractivity contribution is 6.30. The van der Waals surface area contributed by atoms with E-state index in [1.54, 1.807) is 17.9 Å². The van der Waals surface area contributed by atoms with E-state index >= 15 is 0 Å². The zero-order valence-electron chi connectivity index (χ0n) is 11.1. The molecule has 1 atom stereocenters. The van der Waals surface area contributed by atoms with E-state index in [4.69, 9.17) is 11.6 Å². The summed E-state index contributed by atoms with van der Waals surface area (Å²) in [6.07, 6.45) is 3.49. The summed E-state index contributed by atoms with van der Waals surface area (Å²) < 4.78 is 14.9. The molecule has 0 aromatic carbocycles. The Morgan fingerprint density at radius 2 is 2.21 bits per heavy atom. The van der Waals surface area contributed by atoms with Crippen LogP contribution in [0.2, 0.25) is 5.15 Å². The van der Waals surface area contributed by atoms with Gasteiger partial charge >= 0.3 is 0 Å². The van der Waals surface area contributed by atoms with Gasteiger partial charge in [-0.1, -0.05) is 11.6 Å². The van der Waals surface area contributed by atoms with E-state index in [0.717, 1.165) is 16.8 Å². The molecule has 0 fully saturated rings. The van der Waals surface area contributed by atoms with Crippen molar-refractivity contribution in [3.05, 3.63) is 46.3 Å². The lowest BCUT2D eigenvalue weighted by Gasteiger charge is -2.16. The molecule has 1 unspecified atom stereocenters. The summed E-state index contributed by atoms with van der Waals surface area (Å²) in [7, 11) is 3.63. The average molecular weight is 283 g/mol. The molecule has 4 nitrogen and oxygen atoms in total. The molecule has 0 amide bonds. The van der Waals surface area contributed by atoms with Gasteiger partial charge in [0.25, 0.3) is 0 Å². The lowest BCUT2D eigenvalue weighted by atomic mass is 10.0. The Morgan fingerprint density at radius 3 is 2.74 bits per heavy atom. The fraction of sp³-hybridized carbons (Fsp3) is 0.385. The van der Waals surface area contributed by atoms with Crippen molar-refractivity contribution in [3.63, 3.8) is 0 Å². The molecule has 0 bridgehead atoms. The number of hydrogen-bond donors (Lipinski definition) is 1. The smallest absolute Gasteiger partial charge is 0.141 e. The van der Waals surface area contributed by atoms with Crippen molar-refractivity contribution in [2.45, 2.75) is 19.4 Å². The van der Waals surface area contributed by atoms with Crippen LogP contribution >= 0.6 is 11.6 Å². The quantitative estimate of drug-likeness (QED) is 0.936. The second-order valence-corrected chi connectivity index (χ2v) is 4.82. The summed E-state index contributed by atoms with van der Waals surface area (Å²) in [6, 6.07) is 1.43. The first-order valence-electron chi connectivity index (χ1n) is 5.98. The maximum absolute atomic E-state index is 13.2. The summed E-state index contributed by atoms with van der Waals surface area (Å²) in [6.45, 7) is 1.91. The van der Waals surface area contributed by atoms with E-state index in [-0.39, 0.29) is 11.9 Å². The van der Waals surface area contributed by atoms with Crippen molar-refractivity contribution in [2.75, 3.05) is 7.05 Å². The lowest BCUT2D eigenvalue weighted by molar-refractivity contribution is 0.571. The van der Waals surface area contributed by atoms with Crippen molar-refractivity contribution in [1.29, 1.82) is 0 Å². The van der Waals surface area contributed by atoms with Gasteiger partial charge in [0.05, 0.1) is 11.9 Å². The fourth-order valence-corrected chi connectivity index (χ4v) is 2.37. The molecule has 19 heavy (non-hydrogen) atoms. The van der Waals surface area contributed by atoms with E-state index in [9.17, 15) is 4.39 Å². The monoisotopic (exact) mass is 282 g/mol. The number of halogens is 2. The third-order valence-electron chi connectivity index (χ3n) is 3.15. The van der Waals surface area contributed by atoms with E-state index in [0.29, 0.717) is 11.6 Å². The van der Waals surface area contributed by atoms with Crippen molar-refractivity contribution in [2.24, 2.45) is 7.05 Å². The summed E-state index contributed by atoms with van der Waals surface area (Å²) in [5.74, 6) is -0.341. The van der Waals surface area contributed by atoms with E-state index in [2.05, 4.69) is 15.4 Å². The molecule has 6 heteroatoms. The fourth-order valence-electron chi connectivity index (χ4n) is 2.12. The number of hydrogen-bond acceptors (Lipinski definition) is 3. The minimum Gasteiger partial charge on any atom is -0.313 e. The van der Waals surface area contributed by atoms with Gasteiger partial charge in [-0.15, -0.1) is 0 Å². The highest BCUT2D eigenvalue weighted by atomic mass is 35.5. The van der Waals surface area contributed by atoms with Crippen LogP contribution in [-0.2, 0) is 13.5 Å². The topological polar surface area (TPSA) is 42.7 Å². The van der Waals surface area contributed by atoms with Crippen molar-refractivity contribution in [3.8, 4) is 0 Å². The van der Waals surface area contributed by atoms with Gasteiger partial charge in [-0.25, -0.2) is 4.39 Å². The number of nitrogens with one attached hydrogen (secondary N) is 1. The van der Waals surface area contributed by atoms with Crippen molar-refractivity contribution >= 4 is 11.6 Å². The average Bonchev–Trinajstić information content (AvgIpc) is 2.61. The van der Waals surface area contributed by atoms with Crippen LogP contribution in [0.4, 0.5) is 4.39 Å². The second-order valence-electron chi connectivity index (χ2n) is 4.46. The number of nitrogens with zero attached hydrogens (tertiary/aromatic N) is 3. The largest absolute Gasteiger partial charge is 0.313 e. The molecule has 1 N–H and O–H groups in total. The highest BCUT2D eigenvalue weighted by Crippen LogP contribution is 2.25. The minimum absolute atomic E-state index is 0.0522. The third kappa shape index (κ3) is 2.93. The number of aryl methyl sites for hydroxylation is 2. The molecule has 0 spiro atoms. The standard InChI is InChI=1S/C13H16ClFN4/c1-8-11(13(14)19(3)18-8)5-12(16-2)9-4-10(15)7-17-6-9/h4,6-7,12,16H,5H2,1-3H3. The SMILES string of the molecule is CNC(Cc1c(C)nn(C)c1Cl)c1cncc(F)c1. The van der Waals surface area contributed by atoms with Crippen LogP contribution in [0.3, 0.4) is 0 Å². The molecule has 0 radical (unpaired) electrons. The number of pyridine rings is 1. The molecule has 0 aliphatic rings. The van der Waals surface area contributed by atoms with Gasteiger partial charge in [-0.3, -0.25) is 9.67 Å². The molecule has 0 aliphatic heterocycles. The lowest BCUT2D eigenvalue weighted by Crippen LogP contribution is -2.19. The van der Waals surface area contributed by atoms with Crippen LogP contribution in [-0.4, -0.2) is 21.8 Å². The van der Waals surface area contributed by atoms with Gasteiger partial charge in [0, 0.05) is 24.8 Å². The third-order valence-corrected chi connectivity index (χ3v) is 3.63. The Hall–Kier alpha value is -1.46. The Bertz CT molecular complexity index is 582. The number of likely N-dealkylation sites (N-methyl/N-ethyl adjacent to an activating group) is 1. The Labute approximate surface area is 116 Å². The molecule has 0 aliphatic carbocycles. The zero-order chi connectivity index (χ0) is 14.0. The van der Waals surface area contributed by atoms with Gasteiger partial charge < -0.3 is 5.32 Å². The van der Waals surface area contributed by atoms with Gasteiger partial charge in [0.2, 0.25) is 0 Å². The Balaban J connectivity index is 2.29. The molecule has 0 saturated heterocycles. The van der Waals surface area contributed by atoms with Crippen LogP contribution in [0, 0.1) is 12.7 Å². The minimum atomic E-state index is -0.341. The van der Waals surface area contributed by atoms with Crippen LogP contribution in [0.25, 0.3) is 0 Å². The van der Waals surface area contributed by atoms with Gasteiger partial charge in [-0.05, 0) is 32.0 Å². The second kappa shape index (κ2) is 5.67. The van der Waals surface area contributed by atoms with E-state index in [1.165, 1.54) is 12.3 Å². The first kappa shape index (κ1) is 14.0. The Kier molecular flexibility index (Phi) is 4.17. The molecular formula is C13H16ClFN4. The van der Waals surface area contributed by atoms with Crippen LogP contribution in [0.5, 0.6) is 0 Å². The maximum Gasteiger partial charge on any atom is 0.141 e. The molecule has 0 saturated carbocycles. The summed E-state index contributed by atoms with van der Waals surface area (Å²) in [5, 5.41) is 8.04. The Morgan fingerprint density at radius 1 is 1.47 bits per heavy atom. The normalized spacial score (nSPS) is 12.7. The molecule has 102 valence electrons. The molecule has 2 aromatic heterocycles. The maximum atomic E-state index is 13.2. The van der Waals surface area contributed by atoms with Crippen molar-refractivity contribution in [1.82, 2.24) is 20.1 Å². The zero-order valence-corrected chi connectivity index (χ0v) is 11.9. The molecule has 2 heterocycles. The number of rotatable bonds is 4. The van der Waals surface area contributed by atoms with Crippen LogP contribution in [0.1, 0.15) is 22.9 Å². The predicted octanol–water partition coefficient (Wildman–Crippen LogP) is 2.42. The van der Waals surface area contributed by atoms with Crippen LogP contribution in [0.15, 0.2) is 18.5 Å². The first-order chi connectivity index (χ1) is 9.02. The van der Waals surface area contributed by atoms with Crippen molar-refractivity contribution < 1.29 is 4.39 Å². The van der Waals surface area contributed by atoms with E-state index in [1.807, 2.05) is 14.0 Å². The van der Waals surface area contributed by atoms with E-state index < -0.39 is 0 Å². The summed E-state index contributed by atoms with van der Waals surface area (Å²) in [5.41, 5.74) is 2.65. The first-order valence-corrected chi connectivity index (χ1v) is 6.36. The summed E-state index contributed by atoms with van der Waals surface area (Å²) >= 11 is 6.22. The number of aromatic nitrogens is 3. The van der Waals surface area contributed by atoms with Crippen LogP contribution < -0.4 is 5.32 Å². The van der Waals surface area contributed by atoms with Gasteiger partial charge in [0.1, 0.15) is 11.0 Å². The molecule has 2 rings (SSSR count). The molecular weight excluding hydrogens is 267 g/mol. The summed E-state index contributed by atoms with van der Waals surface area (Å²) in [4.78, 5) is 3.88.